The number of benzene rings is 1. The van der Waals surface area contributed by atoms with E-state index in [2.05, 4.69) is 38.7 Å². The van der Waals surface area contributed by atoms with Crippen molar-refractivity contribution in [2.45, 2.75) is 31.8 Å². The van der Waals surface area contributed by atoms with Gasteiger partial charge >= 0.3 is 0 Å². The number of nitrogens with two attached hydrogens (primary N) is 1. The molecule has 1 aromatic rings. The second kappa shape index (κ2) is 7.61. The molecule has 0 bridgehead atoms. The zero-order valence-electron chi connectivity index (χ0n) is 11.8. The van der Waals surface area contributed by atoms with Crippen molar-refractivity contribution in [1.82, 2.24) is 5.43 Å². The summed E-state index contributed by atoms with van der Waals surface area (Å²) in [7, 11) is 1.62. The molecule has 0 atom stereocenters. The molecule has 7 heteroatoms. The summed E-state index contributed by atoms with van der Waals surface area (Å²) in [5.74, 6) is 1.41. The van der Waals surface area contributed by atoms with E-state index in [4.69, 9.17) is 15.2 Å². The average molecular weight is 372 g/mol. The van der Waals surface area contributed by atoms with Gasteiger partial charge in [0.25, 0.3) is 0 Å². The minimum absolute atomic E-state index is 0.124. The van der Waals surface area contributed by atoms with Gasteiger partial charge < -0.3 is 15.2 Å². The Balaban J connectivity index is 2.17. The molecule has 0 unspecified atom stereocenters. The molecule has 5 nitrogen and oxygen atoms in total. The third-order valence-electron chi connectivity index (χ3n) is 3.23. The van der Waals surface area contributed by atoms with Crippen LogP contribution >= 0.6 is 28.1 Å². The molecule has 0 radical (unpaired) electrons. The van der Waals surface area contributed by atoms with Crippen molar-refractivity contribution in [2.24, 2.45) is 10.8 Å². The highest BCUT2D eigenvalue weighted by Gasteiger charge is 2.20. The number of halogens is 1. The molecule has 0 aromatic heterocycles. The van der Waals surface area contributed by atoms with Crippen LogP contribution in [0.25, 0.3) is 0 Å². The summed E-state index contributed by atoms with van der Waals surface area (Å²) in [6, 6.07) is 3.78. The van der Waals surface area contributed by atoms with Crippen molar-refractivity contribution in [3.63, 3.8) is 0 Å². The van der Waals surface area contributed by atoms with Gasteiger partial charge in [-0.15, -0.1) is 0 Å². The highest BCUT2D eigenvalue weighted by Crippen LogP contribution is 2.38. The second-order valence-corrected chi connectivity index (χ2v) is 6.09. The van der Waals surface area contributed by atoms with Crippen LogP contribution in [0.4, 0.5) is 0 Å². The van der Waals surface area contributed by atoms with Gasteiger partial charge in [0, 0.05) is 0 Å². The summed E-state index contributed by atoms with van der Waals surface area (Å²) in [6.45, 7) is 0. The highest BCUT2D eigenvalue weighted by atomic mass is 79.9. The van der Waals surface area contributed by atoms with Crippen LogP contribution in [0, 0.1) is 0 Å². The van der Waals surface area contributed by atoms with Crippen LogP contribution in [0.1, 0.15) is 31.2 Å². The number of rotatable bonds is 5. The normalized spacial score (nSPS) is 15.3. The lowest BCUT2D eigenvalue weighted by molar-refractivity contribution is 0.199. The topological polar surface area (TPSA) is 68.9 Å². The Morgan fingerprint density at radius 1 is 1.48 bits per heavy atom. The molecule has 21 heavy (non-hydrogen) atoms. The maximum atomic E-state index is 6.05. The lowest BCUT2D eigenvalue weighted by Crippen LogP contribution is -2.24. The Bertz CT molecular complexity index is 545. The summed E-state index contributed by atoms with van der Waals surface area (Å²) in [4.78, 5) is 0. The van der Waals surface area contributed by atoms with E-state index >= 15 is 0 Å². The van der Waals surface area contributed by atoms with Gasteiger partial charge in [-0.25, -0.2) is 0 Å². The first kappa shape index (κ1) is 16.0. The predicted octanol–water partition coefficient (Wildman–Crippen LogP) is 2.95. The first-order chi connectivity index (χ1) is 10.1. The van der Waals surface area contributed by atoms with Crippen LogP contribution in [-0.4, -0.2) is 24.5 Å². The summed E-state index contributed by atoms with van der Waals surface area (Å²) >= 11 is 8.21. The van der Waals surface area contributed by atoms with Crippen LogP contribution in [0.2, 0.25) is 0 Å². The Kier molecular flexibility index (Phi) is 5.81. The lowest BCUT2D eigenvalue weighted by atomic mass is 10.2. The molecule has 0 saturated heterocycles. The van der Waals surface area contributed by atoms with Gasteiger partial charge in [0.1, 0.15) is 0 Å². The van der Waals surface area contributed by atoms with Crippen molar-refractivity contribution in [2.75, 3.05) is 7.11 Å². The van der Waals surface area contributed by atoms with E-state index < -0.39 is 0 Å². The monoisotopic (exact) mass is 371 g/mol. The Labute approximate surface area is 138 Å². The molecule has 1 aliphatic carbocycles. The van der Waals surface area contributed by atoms with Gasteiger partial charge in [-0.05, 0) is 71.5 Å². The van der Waals surface area contributed by atoms with Crippen molar-refractivity contribution in [3.8, 4) is 11.5 Å². The van der Waals surface area contributed by atoms with Crippen LogP contribution in [0.15, 0.2) is 21.7 Å². The number of nitrogens with zero attached hydrogens (tertiary/aromatic N) is 1. The van der Waals surface area contributed by atoms with Crippen molar-refractivity contribution >= 4 is 39.5 Å². The van der Waals surface area contributed by atoms with E-state index in [0.29, 0.717) is 5.75 Å². The molecule has 1 saturated carbocycles. The van der Waals surface area contributed by atoms with Gasteiger partial charge in [-0.2, -0.15) is 5.10 Å². The molecule has 0 heterocycles. The Morgan fingerprint density at radius 3 is 2.81 bits per heavy atom. The van der Waals surface area contributed by atoms with Crippen LogP contribution in [0.5, 0.6) is 11.5 Å². The Morgan fingerprint density at radius 2 is 2.19 bits per heavy atom. The molecule has 2 rings (SSSR count). The summed E-state index contributed by atoms with van der Waals surface area (Å²) < 4.78 is 12.3. The molecule has 1 aromatic carbocycles. The number of thiocarbonyl (C=S) groups is 1. The second-order valence-electron chi connectivity index (χ2n) is 4.79. The maximum Gasteiger partial charge on any atom is 0.184 e. The molecule has 0 aliphatic heterocycles. The van der Waals surface area contributed by atoms with Crippen LogP contribution < -0.4 is 20.6 Å². The number of hydrazone groups is 1. The van der Waals surface area contributed by atoms with Gasteiger partial charge in [0.15, 0.2) is 16.6 Å². The molecule has 0 spiro atoms. The molecule has 0 amide bonds. The molecule has 3 N–H and O–H groups in total. The maximum absolute atomic E-state index is 6.05. The van der Waals surface area contributed by atoms with Crippen molar-refractivity contribution in [3.05, 3.63) is 22.2 Å². The van der Waals surface area contributed by atoms with E-state index in [0.717, 1.165) is 28.6 Å². The number of nitrogens with one attached hydrogen (secondary N) is 1. The summed E-state index contributed by atoms with van der Waals surface area (Å²) in [5.41, 5.74) is 8.67. The van der Waals surface area contributed by atoms with E-state index in [-0.39, 0.29) is 11.2 Å². The largest absolute Gasteiger partial charge is 0.493 e. The minimum atomic E-state index is 0.124. The fourth-order valence-electron chi connectivity index (χ4n) is 2.27. The summed E-state index contributed by atoms with van der Waals surface area (Å²) in [5, 5.41) is 4.06. The Hall–Kier alpha value is -1.34. The molecule has 1 aliphatic rings. The number of hydrogen-bond acceptors (Lipinski definition) is 4. The molecular weight excluding hydrogens is 354 g/mol. The first-order valence-electron chi connectivity index (χ1n) is 6.73. The van der Waals surface area contributed by atoms with Gasteiger partial charge in [0.2, 0.25) is 0 Å². The van der Waals surface area contributed by atoms with E-state index in [1.807, 2.05) is 12.1 Å². The van der Waals surface area contributed by atoms with Gasteiger partial charge in [-0.1, -0.05) is 0 Å². The van der Waals surface area contributed by atoms with Crippen molar-refractivity contribution in [1.29, 1.82) is 0 Å². The standard InChI is InChI=1S/C14H18BrN3O2S/c1-19-12-7-9(8-17-18-14(16)21)6-11(15)13(12)20-10-4-2-3-5-10/h6-8,10H,2-5H2,1H3,(H3,16,18,21). The van der Waals surface area contributed by atoms with Crippen LogP contribution in [-0.2, 0) is 0 Å². The average Bonchev–Trinajstić information content (AvgIpc) is 2.94. The lowest BCUT2D eigenvalue weighted by Gasteiger charge is -2.17. The fraction of sp³-hybridized carbons (Fsp3) is 0.429. The number of ether oxygens (including phenoxy) is 2. The number of methoxy groups -OCH3 is 1. The smallest absolute Gasteiger partial charge is 0.184 e. The first-order valence-corrected chi connectivity index (χ1v) is 7.93. The third kappa shape index (κ3) is 4.57. The van der Waals surface area contributed by atoms with Crippen LogP contribution in [0.3, 0.4) is 0 Å². The quantitative estimate of drug-likeness (QED) is 0.473. The highest BCUT2D eigenvalue weighted by molar-refractivity contribution is 9.10. The third-order valence-corrected chi connectivity index (χ3v) is 3.91. The summed E-state index contributed by atoms with van der Waals surface area (Å²) in [6.07, 6.45) is 6.52. The number of hydrogen-bond donors (Lipinski definition) is 2. The van der Waals surface area contributed by atoms with E-state index in [1.165, 1.54) is 12.8 Å². The molecule has 1 fully saturated rings. The predicted molar refractivity (Wildman–Crippen MR) is 91.1 cm³/mol. The van der Waals surface area contributed by atoms with Gasteiger partial charge in [0.05, 0.1) is 23.9 Å². The zero-order valence-corrected chi connectivity index (χ0v) is 14.2. The zero-order chi connectivity index (χ0) is 15.2. The molecular formula is C14H18BrN3O2S. The fourth-order valence-corrected chi connectivity index (χ4v) is 2.88. The van der Waals surface area contributed by atoms with Gasteiger partial charge in [-0.3, -0.25) is 5.43 Å². The molecule has 114 valence electrons. The SMILES string of the molecule is COc1cc(C=NNC(N)=S)cc(Br)c1OC1CCCC1. The van der Waals surface area contributed by atoms with E-state index in [9.17, 15) is 0 Å². The minimum Gasteiger partial charge on any atom is -0.493 e. The van der Waals surface area contributed by atoms with Crippen molar-refractivity contribution < 1.29 is 9.47 Å². The van der Waals surface area contributed by atoms with E-state index in [1.54, 1.807) is 13.3 Å².